The van der Waals surface area contributed by atoms with E-state index in [0.29, 0.717) is 6.54 Å². The van der Waals surface area contributed by atoms with Gasteiger partial charge < -0.3 is 5.73 Å². The quantitative estimate of drug-likeness (QED) is 0.842. The zero-order valence-corrected chi connectivity index (χ0v) is 8.91. The summed E-state index contributed by atoms with van der Waals surface area (Å²) in [6.45, 7) is 0.540. The van der Waals surface area contributed by atoms with E-state index >= 15 is 0 Å². The molecule has 0 fully saturated rings. The van der Waals surface area contributed by atoms with Gasteiger partial charge in [-0.25, -0.2) is 0 Å². The summed E-state index contributed by atoms with van der Waals surface area (Å²) in [6, 6.07) is 7.76. The van der Waals surface area contributed by atoms with Crippen molar-refractivity contribution in [1.29, 1.82) is 0 Å². The van der Waals surface area contributed by atoms with E-state index in [0.717, 1.165) is 21.5 Å². The molecule has 0 saturated heterocycles. The third kappa shape index (κ3) is 2.17. The van der Waals surface area contributed by atoms with Gasteiger partial charge in [-0.2, -0.15) is 0 Å². The first-order chi connectivity index (χ1) is 7.31. The summed E-state index contributed by atoms with van der Waals surface area (Å²) in [6.07, 6.45) is 5.59. The van der Waals surface area contributed by atoms with E-state index in [1.54, 1.807) is 12.3 Å². The summed E-state index contributed by atoms with van der Waals surface area (Å²) >= 11 is 6.07. The molecule has 1 aromatic heterocycles. The molecular formula is C12H11ClN2. The zero-order chi connectivity index (χ0) is 10.7. The summed E-state index contributed by atoms with van der Waals surface area (Å²) in [5.74, 6) is 0. The average molecular weight is 219 g/mol. The molecule has 0 aliphatic carbocycles. The first kappa shape index (κ1) is 10.1. The van der Waals surface area contributed by atoms with Gasteiger partial charge in [0.15, 0.2) is 0 Å². The van der Waals surface area contributed by atoms with E-state index in [2.05, 4.69) is 4.98 Å². The smallest absolute Gasteiger partial charge is 0.0717 e. The van der Waals surface area contributed by atoms with Crippen LogP contribution in [0, 0.1) is 0 Å². The lowest BCUT2D eigenvalue weighted by atomic mass is 10.1. The molecule has 0 atom stereocenters. The second-order valence-corrected chi connectivity index (χ2v) is 3.61. The fraction of sp³-hybridized carbons (Fsp3) is 0.0833. The van der Waals surface area contributed by atoms with Crippen molar-refractivity contribution in [1.82, 2.24) is 4.98 Å². The molecule has 0 spiro atoms. The Kier molecular flexibility index (Phi) is 2.99. The molecule has 76 valence electrons. The highest BCUT2D eigenvalue weighted by Crippen LogP contribution is 2.22. The minimum absolute atomic E-state index is 0.540. The number of nitrogens with zero attached hydrogens (tertiary/aromatic N) is 1. The first-order valence-corrected chi connectivity index (χ1v) is 5.10. The van der Waals surface area contributed by atoms with Gasteiger partial charge in [-0.1, -0.05) is 29.8 Å². The van der Waals surface area contributed by atoms with Gasteiger partial charge in [-0.15, -0.1) is 0 Å². The molecule has 15 heavy (non-hydrogen) atoms. The fourth-order valence-corrected chi connectivity index (χ4v) is 1.65. The average Bonchev–Trinajstić information content (AvgIpc) is 2.27. The van der Waals surface area contributed by atoms with Gasteiger partial charge in [0.2, 0.25) is 0 Å². The van der Waals surface area contributed by atoms with E-state index < -0.39 is 0 Å². The van der Waals surface area contributed by atoms with Gasteiger partial charge in [-0.3, -0.25) is 4.98 Å². The van der Waals surface area contributed by atoms with Gasteiger partial charge in [0.1, 0.15) is 0 Å². The Morgan fingerprint density at radius 1 is 1.33 bits per heavy atom. The summed E-state index contributed by atoms with van der Waals surface area (Å²) in [5, 5.41) is 1.70. The van der Waals surface area contributed by atoms with Crippen molar-refractivity contribution >= 4 is 28.6 Å². The molecule has 0 radical (unpaired) electrons. The summed E-state index contributed by atoms with van der Waals surface area (Å²) in [4.78, 5) is 4.23. The predicted octanol–water partition coefficient (Wildman–Crippen LogP) is 2.86. The molecule has 3 heteroatoms. The molecule has 0 aliphatic rings. The van der Waals surface area contributed by atoms with Crippen LogP contribution < -0.4 is 5.73 Å². The molecule has 0 saturated carbocycles. The number of hydrogen-bond donors (Lipinski definition) is 1. The highest BCUT2D eigenvalue weighted by molar-refractivity contribution is 6.35. The Bertz CT molecular complexity index is 506. The second-order valence-electron chi connectivity index (χ2n) is 3.21. The molecule has 1 heterocycles. The Morgan fingerprint density at radius 3 is 3.00 bits per heavy atom. The number of fused-ring (bicyclic) bond motifs is 1. The monoisotopic (exact) mass is 218 g/mol. The van der Waals surface area contributed by atoms with Crippen molar-refractivity contribution in [2.45, 2.75) is 0 Å². The van der Waals surface area contributed by atoms with Crippen LogP contribution in [0.1, 0.15) is 5.56 Å². The van der Waals surface area contributed by atoms with Crippen LogP contribution in [0.3, 0.4) is 0 Å². The molecule has 2 aromatic rings. The van der Waals surface area contributed by atoms with Crippen molar-refractivity contribution in [2.24, 2.45) is 5.73 Å². The topological polar surface area (TPSA) is 38.9 Å². The van der Waals surface area contributed by atoms with Crippen molar-refractivity contribution < 1.29 is 0 Å². The highest BCUT2D eigenvalue weighted by atomic mass is 35.5. The maximum atomic E-state index is 6.07. The summed E-state index contributed by atoms with van der Waals surface area (Å²) in [5.41, 5.74) is 7.39. The number of rotatable bonds is 2. The molecule has 2 rings (SSSR count). The number of pyridine rings is 1. The van der Waals surface area contributed by atoms with Gasteiger partial charge in [0.05, 0.1) is 10.5 Å². The SMILES string of the molecule is NCC=Cc1ccc2nccc(Cl)c2c1. The molecule has 1 aromatic carbocycles. The van der Waals surface area contributed by atoms with E-state index in [1.165, 1.54) is 0 Å². The number of halogens is 1. The normalized spacial score (nSPS) is 11.3. The minimum Gasteiger partial charge on any atom is -0.327 e. The van der Waals surface area contributed by atoms with E-state index in [1.807, 2.05) is 30.4 Å². The number of hydrogen-bond acceptors (Lipinski definition) is 2. The van der Waals surface area contributed by atoms with Crippen LogP contribution >= 0.6 is 11.6 Å². The van der Waals surface area contributed by atoms with Gasteiger partial charge in [0, 0.05) is 18.1 Å². The molecule has 0 bridgehead atoms. The van der Waals surface area contributed by atoms with Crippen LogP contribution in [0.2, 0.25) is 5.02 Å². The fourth-order valence-electron chi connectivity index (χ4n) is 1.44. The highest BCUT2D eigenvalue weighted by Gasteiger charge is 1.99. The van der Waals surface area contributed by atoms with Crippen molar-refractivity contribution in [3.05, 3.63) is 47.1 Å². The van der Waals surface area contributed by atoms with Gasteiger partial charge in [-0.05, 0) is 23.8 Å². The van der Waals surface area contributed by atoms with Gasteiger partial charge in [0.25, 0.3) is 0 Å². The Balaban J connectivity index is 2.54. The van der Waals surface area contributed by atoms with Crippen LogP contribution in [0.5, 0.6) is 0 Å². The predicted molar refractivity (Wildman–Crippen MR) is 64.8 cm³/mol. The van der Waals surface area contributed by atoms with Crippen molar-refractivity contribution in [3.8, 4) is 0 Å². The minimum atomic E-state index is 0.540. The van der Waals surface area contributed by atoms with Crippen LogP contribution in [0.4, 0.5) is 0 Å². The van der Waals surface area contributed by atoms with E-state index in [9.17, 15) is 0 Å². The maximum Gasteiger partial charge on any atom is 0.0717 e. The first-order valence-electron chi connectivity index (χ1n) is 4.72. The number of aromatic nitrogens is 1. The lowest BCUT2D eigenvalue weighted by molar-refractivity contribution is 1.26. The van der Waals surface area contributed by atoms with Crippen LogP contribution in [0.15, 0.2) is 36.5 Å². The summed E-state index contributed by atoms with van der Waals surface area (Å²) in [7, 11) is 0. The van der Waals surface area contributed by atoms with Crippen molar-refractivity contribution in [2.75, 3.05) is 6.54 Å². The third-order valence-electron chi connectivity index (χ3n) is 2.16. The largest absolute Gasteiger partial charge is 0.327 e. The van der Waals surface area contributed by atoms with Crippen molar-refractivity contribution in [3.63, 3.8) is 0 Å². The Morgan fingerprint density at radius 2 is 2.20 bits per heavy atom. The van der Waals surface area contributed by atoms with Crippen LogP contribution in [-0.2, 0) is 0 Å². The second kappa shape index (κ2) is 4.43. The summed E-state index contributed by atoms with van der Waals surface area (Å²) < 4.78 is 0. The molecule has 0 amide bonds. The zero-order valence-electron chi connectivity index (χ0n) is 8.15. The van der Waals surface area contributed by atoms with E-state index in [-0.39, 0.29) is 0 Å². The number of nitrogens with two attached hydrogens (primary N) is 1. The lowest BCUT2D eigenvalue weighted by Gasteiger charge is -2.00. The molecule has 0 aliphatic heterocycles. The Hall–Kier alpha value is -1.38. The molecule has 2 N–H and O–H groups in total. The lowest BCUT2D eigenvalue weighted by Crippen LogP contribution is -1.91. The molecule has 0 unspecified atom stereocenters. The van der Waals surface area contributed by atoms with Crippen LogP contribution in [-0.4, -0.2) is 11.5 Å². The maximum absolute atomic E-state index is 6.07. The molecular weight excluding hydrogens is 208 g/mol. The van der Waals surface area contributed by atoms with Gasteiger partial charge >= 0.3 is 0 Å². The number of benzene rings is 1. The van der Waals surface area contributed by atoms with Crippen LogP contribution in [0.25, 0.3) is 17.0 Å². The van der Waals surface area contributed by atoms with E-state index in [4.69, 9.17) is 17.3 Å². The molecule has 2 nitrogen and oxygen atoms in total. The Labute approximate surface area is 93.4 Å². The standard InChI is InChI=1S/C12H11ClN2/c13-11-5-7-15-12-4-3-9(2-1-6-14)8-10(11)12/h1-5,7-8H,6,14H2. The third-order valence-corrected chi connectivity index (χ3v) is 2.49.